The highest BCUT2D eigenvalue weighted by Gasteiger charge is 2.46. The zero-order valence-corrected chi connectivity index (χ0v) is 19.5. The van der Waals surface area contributed by atoms with Gasteiger partial charge in [-0.05, 0) is 81.4 Å². The van der Waals surface area contributed by atoms with Crippen LogP contribution in [0.15, 0.2) is 53.6 Å². The molecule has 5 rings (SSSR count). The van der Waals surface area contributed by atoms with Gasteiger partial charge in [-0.15, -0.1) is 0 Å². The first-order valence-electron chi connectivity index (χ1n) is 12.6. The smallest absolute Gasteiger partial charge is 0.335 e. The molecular formula is C28H37NO3. The standard InChI is InChI=1S/C28H37NO3/c1-18-7-6-10-26(29-18)24-13-11-21-16-22(31-17-20-8-4-3-5-9-20)12-14-23(21)27(24)25-15-19(2)32-28(25)30/h3-5,8-9,13,15,18-19,21-23,26-27,29H,6-7,10-12,14,16-17H2,1-2H3/t18-,19-,21-,22+,23-,26-,27+/m0/s1. The van der Waals surface area contributed by atoms with E-state index in [-0.39, 0.29) is 18.0 Å². The molecule has 1 aromatic rings. The highest BCUT2D eigenvalue weighted by molar-refractivity contribution is 5.92. The van der Waals surface area contributed by atoms with Crippen LogP contribution in [0.1, 0.15) is 64.4 Å². The van der Waals surface area contributed by atoms with Crippen molar-refractivity contribution in [3.8, 4) is 0 Å². The SMILES string of the molecule is C[C@H]1CCC[C@@H](C2=CC[C@H]3C[C@H](OCc4ccccc4)CC[C@@H]3[C@H]2C2=C[C@H](C)OC2=O)N1. The molecule has 1 aromatic carbocycles. The summed E-state index contributed by atoms with van der Waals surface area (Å²) < 4.78 is 11.9. The quantitative estimate of drug-likeness (QED) is 0.501. The van der Waals surface area contributed by atoms with E-state index in [9.17, 15) is 4.79 Å². The van der Waals surface area contributed by atoms with Gasteiger partial charge in [0.1, 0.15) is 6.10 Å². The predicted octanol–water partition coefficient (Wildman–Crippen LogP) is 5.34. The average Bonchev–Trinajstić information content (AvgIpc) is 3.14. The molecule has 1 saturated heterocycles. The number of esters is 1. The van der Waals surface area contributed by atoms with Crippen LogP contribution in [0.3, 0.4) is 0 Å². The molecule has 1 N–H and O–H groups in total. The third-order valence-corrected chi connectivity index (χ3v) is 8.06. The normalized spacial score (nSPS) is 37.3. The second-order valence-electron chi connectivity index (χ2n) is 10.4. The number of ether oxygens (including phenoxy) is 2. The van der Waals surface area contributed by atoms with Crippen LogP contribution in [0.5, 0.6) is 0 Å². The zero-order chi connectivity index (χ0) is 22.1. The van der Waals surface area contributed by atoms with Gasteiger partial charge >= 0.3 is 5.97 Å². The fourth-order valence-corrected chi connectivity index (χ4v) is 6.55. The molecular weight excluding hydrogens is 398 g/mol. The number of piperidine rings is 1. The maximum absolute atomic E-state index is 12.8. The summed E-state index contributed by atoms with van der Waals surface area (Å²) in [6.07, 6.45) is 12.8. The number of carbonyl (C=O) groups excluding carboxylic acids is 1. The fraction of sp³-hybridized carbons (Fsp3) is 0.607. The summed E-state index contributed by atoms with van der Waals surface area (Å²) in [6.45, 7) is 4.95. The third kappa shape index (κ3) is 4.58. The molecule has 1 saturated carbocycles. The van der Waals surface area contributed by atoms with Crippen LogP contribution in [0.25, 0.3) is 0 Å². The Labute approximate surface area is 192 Å². The van der Waals surface area contributed by atoms with Gasteiger partial charge in [0, 0.05) is 23.6 Å². The molecule has 2 heterocycles. The summed E-state index contributed by atoms with van der Waals surface area (Å²) in [7, 11) is 0. The molecule has 0 bridgehead atoms. The Bertz CT molecular complexity index is 876. The van der Waals surface area contributed by atoms with E-state index >= 15 is 0 Å². The van der Waals surface area contributed by atoms with Crippen molar-refractivity contribution in [2.24, 2.45) is 17.8 Å². The molecule has 4 aliphatic rings. The molecule has 2 aliphatic carbocycles. The van der Waals surface area contributed by atoms with E-state index in [1.165, 1.54) is 30.4 Å². The number of benzene rings is 1. The largest absolute Gasteiger partial charge is 0.455 e. The molecule has 0 aromatic heterocycles. The molecule has 0 unspecified atom stereocenters. The first-order chi connectivity index (χ1) is 15.6. The van der Waals surface area contributed by atoms with Gasteiger partial charge in [0.05, 0.1) is 12.7 Å². The monoisotopic (exact) mass is 435 g/mol. The van der Waals surface area contributed by atoms with Gasteiger partial charge in [0.25, 0.3) is 0 Å². The molecule has 2 fully saturated rings. The Morgan fingerprint density at radius 2 is 1.94 bits per heavy atom. The summed E-state index contributed by atoms with van der Waals surface area (Å²) in [6, 6.07) is 11.4. The van der Waals surface area contributed by atoms with Gasteiger partial charge in [0.2, 0.25) is 0 Å². The van der Waals surface area contributed by atoms with Gasteiger partial charge in [-0.3, -0.25) is 0 Å². The van der Waals surface area contributed by atoms with Gasteiger partial charge in [-0.25, -0.2) is 4.79 Å². The average molecular weight is 436 g/mol. The Morgan fingerprint density at radius 3 is 2.69 bits per heavy atom. The Hall–Kier alpha value is -1.91. The maximum Gasteiger partial charge on any atom is 0.335 e. The van der Waals surface area contributed by atoms with Gasteiger partial charge in [0.15, 0.2) is 0 Å². The van der Waals surface area contributed by atoms with Crippen LogP contribution < -0.4 is 5.32 Å². The lowest BCUT2D eigenvalue weighted by atomic mass is 9.61. The number of hydrogen-bond acceptors (Lipinski definition) is 4. The number of carbonyl (C=O) groups is 1. The van der Waals surface area contributed by atoms with E-state index in [2.05, 4.69) is 48.7 Å². The van der Waals surface area contributed by atoms with Crippen LogP contribution in [0, 0.1) is 17.8 Å². The molecule has 4 heteroatoms. The van der Waals surface area contributed by atoms with Crippen molar-refractivity contribution in [1.82, 2.24) is 5.32 Å². The lowest BCUT2D eigenvalue weighted by Crippen LogP contribution is -2.47. The number of allylic oxidation sites excluding steroid dienone is 1. The molecule has 32 heavy (non-hydrogen) atoms. The molecule has 0 radical (unpaired) electrons. The maximum atomic E-state index is 12.8. The minimum Gasteiger partial charge on any atom is -0.455 e. The lowest BCUT2D eigenvalue weighted by molar-refractivity contribution is -0.139. The Kier molecular flexibility index (Phi) is 6.52. The highest BCUT2D eigenvalue weighted by atomic mass is 16.5. The van der Waals surface area contributed by atoms with Crippen LogP contribution >= 0.6 is 0 Å². The number of nitrogens with one attached hydrogen (secondary N) is 1. The second kappa shape index (κ2) is 9.52. The number of fused-ring (bicyclic) bond motifs is 1. The van der Waals surface area contributed by atoms with Crippen molar-refractivity contribution < 1.29 is 14.3 Å². The van der Waals surface area contributed by atoms with Crippen molar-refractivity contribution >= 4 is 5.97 Å². The molecule has 0 amide bonds. The first kappa shape index (κ1) is 21.9. The first-order valence-corrected chi connectivity index (χ1v) is 12.6. The molecule has 0 spiro atoms. The highest BCUT2D eigenvalue weighted by Crippen LogP contribution is 2.49. The van der Waals surface area contributed by atoms with E-state index in [0.29, 0.717) is 36.6 Å². The van der Waals surface area contributed by atoms with Crippen molar-refractivity contribution in [2.45, 2.75) is 89.7 Å². The Balaban J connectivity index is 1.34. The lowest BCUT2D eigenvalue weighted by Gasteiger charge is -2.46. The summed E-state index contributed by atoms with van der Waals surface area (Å²) in [5, 5.41) is 3.84. The Morgan fingerprint density at radius 1 is 1.09 bits per heavy atom. The fourth-order valence-electron chi connectivity index (χ4n) is 6.55. The van der Waals surface area contributed by atoms with E-state index in [1.54, 1.807) is 0 Å². The molecule has 4 nitrogen and oxygen atoms in total. The van der Waals surface area contributed by atoms with E-state index in [4.69, 9.17) is 9.47 Å². The zero-order valence-electron chi connectivity index (χ0n) is 19.5. The summed E-state index contributed by atoms with van der Waals surface area (Å²) in [4.78, 5) is 12.8. The topological polar surface area (TPSA) is 47.6 Å². The molecule has 2 aliphatic heterocycles. The molecule has 7 atom stereocenters. The van der Waals surface area contributed by atoms with E-state index < -0.39 is 0 Å². The minimum atomic E-state index is -0.108. The van der Waals surface area contributed by atoms with Crippen molar-refractivity contribution in [3.05, 3.63) is 59.2 Å². The molecule has 172 valence electrons. The van der Waals surface area contributed by atoms with E-state index in [1.807, 2.05) is 13.0 Å². The summed E-state index contributed by atoms with van der Waals surface area (Å²) in [5.41, 5.74) is 3.62. The number of rotatable bonds is 5. The van der Waals surface area contributed by atoms with Crippen LogP contribution in [-0.4, -0.2) is 30.3 Å². The summed E-state index contributed by atoms with van der Waals surface area (Å²) in [5.74, 6) is 1.18. The predicted molar refractivity (Wildman–Crippen MR) is 126 cm³/mol. The summed E-state index contributed by atoms with van der Waals surface area (Å²) >= 11 is 0. The minimum absolute atomic E-state index is 0.0969. The van der Waals surface area contributed by atoms with Gasteiger partial charge < -0.3 is 14.8 Å². The van der Waals surface area contributed by atoms with Crippen molar-refractivity contribution in [2.75, 3.05) is 0 Å². The van der Waals surface area contributed by atoms with Crippen LogP contribution in [-0.2, 0) is 20.9 Å². The van der Waals surface area contributed by atoms with Crippen molar-refractivity contribution in [1.29, 1.82) is 0 Å². The third-order valence-electron chi connectivity index (χ3n) is 8.06. The second-order valence-corrected chi connectivity index (χ2v) is 10.4. The van der Waals surface area contributed by atoms with Gasteiger partial charge in [-0.2, -0.15) is 0 Å². The number of hydrogen-bond donors (Lipinski definition) is 1. The van der Waals surface area contributed by atoms with Gasteiger partial charge in [-0.1, -0.05) is 42.8 Å². The van der Waals surface area contributed by atoms with E-state index in [0.717, 1.165) is 31.3 Å². The number of cyclic esters (lactones) is 1. The van der Waals surface area contributed by atoms with Crippen LogP contribution in [0.4, 0.5) is 0 Å². The van der Waals surface area contributed by atoms with Crippen molar-refractivity contribution in [3.63, 3.8) is 0 Å². The van der Waals surface area contributed by atoms with Crippen LogP contribution in [0.2, 0.25) is 0 Å².